The van der Waals surface area contributed by atoms with Gasteiger partial charge in [-0.3, -0.25) is 14.5 Å². The minimum atomic E-state index is -0.298. The van der Waals surface area contributed by atoms with Crippen molar-refractivity contribution in [2.24, 2.45) is 0 Å². The standard InChI is InChI=1S/C19H25N3O3/c1-2-18(24)20-15-6-3-5-14(13-15)19(25)22-11-9-21(10-12-22)16-7-4-8-17(16)23/h2-3,5-6,13,16-17,23H,1,4,7-12H2,(H,20,24)/t16-,17-/m1/s1. The van der Waals surface area contributed by atoms with Crippen molar-refractivity contribution < 1.29 is 14.7 Å². The number of hydrogen-bond donors (Lipinski definition) is 2. The summed E-state index contributed by atoms with van der Waals surface area (Å²) in [7, 11) is 0. The number of hydrogen-bond acceptors (Lipinski definition) is 4. The Balaban J connectivity index is 1.60. The first-order valence-electron chi connectivity index (χ1n) is 8.83. The summed E-state index contributed by atoms with van der Waals surface area (Å²) in [6, 6.07) is 7.21. The monoisotopic (exact) mass is 343 g/mol. The van der Waals surface area contributed by atoms with Crippen molar-refractivity contribution in [3.8, 4) is 0 Å². The van der Waals surface area contributed by atoms with Crippen LogP contribution in [0.15, 0.2) is 36.9 Å². The normalized spacial score (nSPS) is 24.1. The second kappa shape index (κ2) is 7.80. The molecule has 134 valence electrons. The van der Waals surface area contributed by atoms with Crippen molar-refractivity contribution in [1.82, 2.24) is 9.80 Å². The quantitative estimate of drug-likeness (QED) is 0.813. The largest absolute Gasteiger partial charge is 0.391 e. The molecule has 1 aromatic carbocycles. The van der Waals surface area contributed by atoms with Gasteiger partial charge in [-0.05, 0) is 43.5 Å². The van der Waals surface area contributed by atoms with E-state index < -0.39 is 0 Å². The molecule has 1 aliphatic heterocycles. The van der Waals surface area contributed by atoms with E-state index in [0.717, 1.165) is 32.4 Å². The molecule has 2 atom stereocenters. The zero-order valence-electron chi connectivity index (χ0n) is 14.4. The van der Waals surface area contributed by atoms with Crippen LogP contribution >= 0.6 is 0 Å². The van der Waals surface area contributed by atoms with E-state index >= 15 is 0 Å². The maximum Gasteiger partial charge on any atom is 0.254 e. The zero-order valence-corrected chi connectivity index (χ0v) is 14.4. The third-order valence-corrected chi connectivity index (χ3v) is 5.08. The Morgan fingerprint density at radius 2 is 1.96 bits per heavy atom. The Morgan fingerprint density at radius 1 is 1.20 bits per heavy atom. The molecule has 25 heavy (non-hydrogen) atoms. The Morgan fingerprint density at radius 3 is 2.60 bits per heavy atom. The average Bonchev–Trinajstić information content (AvgIpc) is 3.07. The summed E-state index contributed by atoms with van der Waals surface area (Å²) in [6.45, 7) is 6.32. The molecule has 6 heteroatoms. The number of rotatable bonds is 4. The number of benzene rings is 1. The van der Waals surface area contributed by atoms with E-state index in [1.54, 1.807) is 24.3 Å². The van der Waals surface area contributed by atoms with Crippen LogP contribution < -0.4 is 5.32 Å². The minimum absolute atomic E-state index is 0.0266. The smallest absolute Gasteiger partial charge is 0.254 e. The molecule has 2 aliphatic rings. The van der Waals surface area contributed by atoms with E-state index in [0.29, 0.717) is 24.3 Å². The van der Waals surface area contributed by atoms with Crippen molar-refractivity contribution in [1.29, 1.82) is 0 Å². The highest BCUT2D eigenvalue weighted by Crippen LogP contribution is 2.25. The first-order valence-corrected chi connectivity index (χ1v) is 8.83. The van der Waals surface area contributed by atoms with E-state index in [1.807, 2.05) is 4.90 Å². The number of nitrogens with zero attached hydrogens (tertiary/aromatic N) is 2. The van der Waals surface area contributed by atoms with Gasteiger partial charge in [0.25, 0.3) is 5.91 Å². The van der Waals surface area contributed by atoms with Crippen LogP contribution in [-0.4, -0.2) is 65.0 Å². The van der Waals surface area contributed by atoms with Gasteiger partial charge in [-0.25, -0.2) is 0 Å². The molecule has 2 fully saturated rings. The number of amides is 2. The van der Waals surface area contributed by atoms with Gasteiger partial charge in [0.05, 0.1) is 6.10 Å². The summed E-state index contributed by atoms with van der Waals surface area (Å²) in [5, 5.41) is 12.7. The van der Waals surface area contributed by atoms with Crippen LogP contribution in [0.1, 0.15) is 29.6 Å². The van der Waals surface area contributed by atoms with Gasteiger partial charge in [0.2, 0.25) is 5.91 Å². The molecule has 6 nitrogen and oxygen atoms in total. The predicted molar refractivity (Wildman–Crippen MR) is 96.4 cm³/mol. The zero-order chi connectivity index (χ0) is 17.8. The van der Waals surface area contributed by atoms with Crippen LogP contribution in [0.25, 0.3) is 0 Å². The maximum atomic E-state index is 12.7. The van der Waals surface area contributed by atoms with Gasteiger partial charge in [-0.2, -0.15) is 0 Å². The SMILES string of the molecule is C=CC(=O)Nc1cccc(C(=O)N2CCN([C@@H]3CCC[C@H]3O)CC2)c1. The van der Waals surface area contributed by atoms with Gasteiger partial charge in [-0.15, -0.1) is 0 Å². The molecule has 3 rings (SSSR count). The van der Waals surface area contributed by atoms with Gasteiger partial charge < -0.3 is 15.3 Å². The molecule has 1 aromatic rings. The minimum Gasteiger partial charge on any atom is -0.391 e. The van der Waals surface area contributed by atoms with Crippen LogP contribution in [0.5, 0.6) is 0 Å². The number of carbonyl (C=O) groups is 2. The first-order chi connectivity index (χ1) is 12.1. The third-order valence-electron chi connectivity index (χ3n) is 5.08. The van der Waals surface area contributed by atoms with E-state index in [-0.39, 0.29) is 24.0 Å². The molecule has 2 N–H and O–H groups in total. The summed E-state index contributed by atoms with van der Waals surface area (Å²) in [6.07, 6.45) is 3.97. The lowest BCUT2D eigenvalue weighted by atomic mass is 10.1. The highest BCUT2D eigenvalue weighted by molar-refractivity contribution is 6.00. The Labute approximate surface area is 148 Å². The lowest BCUT2D eigenvalue weighted by Gasteiger charge is -2.39. The lowest BCUT2D eigenvalue weighted by molar-refractivity contribution is -0.111. The molecule has 1 saturated carbocycles. The van der Waals surface area contributed by atoms with Crippen LogP contribution in [0, 0.1) is 0 Å². The predicted octanol–water partition coefficient (Wildman–Crippen LogP) is 1.48. The van der Waals surface area contributed by atoms with Crippen molar-refractivity contribution in [2.75, 3.05) is 31.5 Å². The molecule has 0 unspecified atom stereocenters. The van der Waals surface area contributed by atoms with Gasteiger partial charge in [0, 0.05) is 43.5 Å². The van der Waals surface area contributed by atoms with Gasteiger partial charge >= 0.3 is 0 Å². The molecule has 0 spiro atoms. The molecule has 1 heterocycles. The summed E-state index contributed by atoms with van der Waals surface area (Å²) in [5.41, 5.74) is 1.15. The van der Waals surface area contributed by atoms with Crippen LogP contribution in [0.4, 0.5) is 5.69 Å². The third kappa shape index (κ3) is 4.08. The highest BCUT2D eigenvalue weighted by Gasteiger charge is 2.33. The van der Waals surface area contributed by atoms with Crippen LogP contribution in [0.2, 0.25) is 0 Å². The number of aliphatic hydroxyl groups is 1. The van der Waals surface area contributed by atoms with E-state index in [9.17, 15) is 14.7 Å². The number of anilines is 1. The van der Waals surface area contributed by atoms with Crippen molar-refractivity contribution in [3.63, 3.8) is 0 Å². The molecule has 2 amide bonds. The molecule has 0 bridgehead atoms. The van der Waals surface area contributed by atoms with Crippen LogP contribution in [-0.2, 0) is 4.79 Å². The Bertz CT molecular complexity index is 653. The van der Waals surface area contributed by atoms with Gasteiger partial charge in [0.15, 0.2) is 0 Å². The second-order valence-electron chi connectivity index (χ2n) is 6.67. The fourth-order valence-corrected chi connectivity index (χ4v) is 3.71. The van der Waals surface area contributed by atoms with Gasteiger partial charge in [-0.1, -0.05) is 12.6 Å². The molecular formula is C19H25N3O3. The van der Waals surface area contributed by atoms with Crippen LogP contribution in [0.3, 0.4) is 0 Å². The van der Waals surface area contributed by atoms with Gasteiger partial charge in [0.1, 0.15) is 0 Å². The molecular weight excluding hydrogens is 318 g/mol. The first kappa shape index (κ1) is 17.6. The fourth-order valence-electron chi connectivity index (χ4n) is 3.71. The number of piperazine rings is 1. The summed E-state index contributed by atoms with van der Waals surface area (Å²) < 4.78 is 0. The molecule has 1 saturated heterocycles. The Kier molecular flexibility index (Phi) is 5.50. The van der Waals surface area contributed by atoms with Crippen molar-refractivity contribution >= 4 is 17.5 Å². The number of nitrogens with one attached hydrogen (secondary N) is 1. The lowest BCUT2D eigenvalue weighted by Crippen LogP contribution is -2.53. The molecule has 0 radical (unpaired) electrons. The number of carbonyl (C=O) groups excluding carboxylic acids is 2. The summed E-state index contributed by atoms with van der Waals surface area (Å²) in [4.78, 5) is 28.3. The summed E-state index contributed by atoms with van der Waals surface area (Å²) >= 11 is 0. The maximum absolute atomic E-state index is 12.7. The van der Waals surface area contributed by atoms with E-state index in [2.05, 4.69) is 16.8 Å². The topological polar surface area (TPSA) is 72.9 Å². The van der Waals surface area contributed by atoms with Crippen molar-refractivity contribution in [3.05, 3.63) is 42.5 Å². The second-order valence-corrected chi connectivity index (χ2v) is 6.67. The fraction of sp³-hybridized carbons (Fsp3) is 0.474. The number of aliphatic hydroxyl groups excluding tert-OH is 1. The highest BCUT2D eigenvalue weighted by atomic mass is 16.3. The van der Waals surface area contributed by atoms with Crippen molar-refractivity contribution in [2.45, 2.75) is 31.4 Å². The average molecular weight is 343 g/mol. The summed E-state index contributed by atoms with van der Waals surface area (Å²) in [5.74, 6) is -0.324. The Hall–Kier alpha value is -2.18. The van der Waals surface area contributed by atoms with E-state index in [4.69, 9.17) is 0 Å². The molecule has 0 aromatic heterocycles. The van der Waals surface area contributed by atoms with E-state index in [1.165, 1.54) is 6.08 Å². The molecule has 1 aliphatic carbocycles.